The normalized spacial score (nSPS) is 22.5. The standard InChI is InChI=1S/C16H23NO2S/c1-12-5-7-15(8-6-12)20-11-16(19)17-10-13-3-2-4-14(18)9-13/h5-8,13-14,18H,2-4,9-11H2,1H3,(H,17,19). The van der Waals surface area contributed by atoms with Crippen LogP contribution in [0.5, 0.6) is 0 Å². The van der Waals surface area contributed by atoms with Crippen LogP contribution in [0.1, 0.15) is 31.2 Å². The Morgan fingerprint density at radius 2 is 2.10 bits per heavy atom. The molecule has 2 unspecified atom stereocenters. The molecule has 4 heteroatoms. The lowest BCUT2D eigenvalue weighted by Gasteiger charge is -2.25. The monoisotopic (exact) mass is 293 g/mol. The molecule has 0 radical (unpaired) electrons. The van der Waals surface area contributed by atoms with Gasteiger partial charge in [-0.2, -0.15) is 0 Å². The van der Waals surface area contributed by atoms with Crippen molar-refractivity contribution in [2.45, 2.75) is 43.6 Å². The van der Waals surface area contributed by atoms with Crippen molar-refractivity contribution in [2.24, 2.45) is 5.92 Å². The lowest BCUT2D eigenvalue weighted by molar-refractivity contribution is -0.118. The lowest BCUT2D eigenvalue weighted by Crippen LogP contribution is -2.33. The fourth-order valence-corrected chi connectivity index (χ4v) is 3.27. The van der Waals surface area contributed by atoms with Crippen LogP contribution < -0.4 is 5.32 Å². The summed E-state index contributed by atoms with van der Waals surface area (Å²) in [5, 5.41) is 12.6. The molecule has 20 heavy (non-hydrogen) atoms. The smallest absolute Gasteiger partial charge is 0.230 e. The average Bonchev–Trinajstić information content (AvgIpc) is 2.45. The molecule has 2 rings (SSSR count). The molecule has 0 saturated heterocycles. The van der Waals surface area contributed by atoms with E-state index in [1.807, 2.05) is 12.1 Å². The van der Waals surface area contributed by atoms with Gasteiger partial charge in [-0.15, -0.1) is 11.8 Å². The van der Waals surface area contributed by atoms with Gasteiger partial charge < -0.3 is 10.4 Å². The molecule has 0 heterocycles. The van der Waals surface area contributed by atoms with Crippen LogP contribution in [0, 0.1) is 12.8 Å². The molecule has 1 saturated carbocycles. The number of amides is 1. The summed E-state index contributed by atoms with van der Waals surface area (Å²) in [5.74, 6) is 0.973. The molecule has 1 aromatic rings. The zero-order chi connectivity index (χ0) is 14.4. The van der Waals surface area contributed by atoms with E-state index < -0.39 is 0 Å². The highest BCUT2D eigenvalue weighted by atomic mass is 32.2. The first-order valence-electron chi connectivity index (χ1n) is 7.27. The molecule has 1 aliphatic carbocycles. The molecule has 2 atom stereocenters. The maximum atomic E-state index is 11.8. The summed E-state index contributed by atoms with van der Waals surface area (Å²) >= 11 is 1.56. The van der Waals surface area contributed by atoms with Crippen molar-refractivity contribution in [2.75, 3.05) is 12.3 Å². The maximum absolute atomic E-state index is 11.8. The van der Waals surface area contributed by atoms with Crippen LogP contribution in [-0.4, -0.2) is 29.4 Å². The second kappa shape index (κ2) is 7.70. The van der Waals surface area contributed by atoms with Crippen LogP contribution >= 0.6 is 11.8 Å². The number of rotatable bonds is 5. The summed E-state index contributed by atoms with van der Waals surface area (Å²) in [7, 11) is 0. The molecule has 1 fully saturated rings. The van der Waals surface area contributed by atoms with Crippen LogP contribution in [0.25, 0.3) is 0 Å². The molecule has 0 aliphatic heterocycles. The minimum absolute atomic E-state index is 0.0793. The Balaban J connectivity index is 1.66. The van der Waals surface area contributed by atoms with E-state index in [1.165, 1.54) is 5.56 Å². The van der Waals surface area contributed by atoms with Gasteiger partial charge in [-0.3, -0.25) is 4.79 Å². The van der Waals surface area contributed by atoms with Crippen LogP contribution in [0.2, 0.25) is 0 Å². The van der Waals surface area contributed by atoms with Crippen molar-refractivity contribution >= 4 is 17.7 Å². The second-order valence-electron chi connectivity index (χ2n) is 5.59. The summed E-state index contributed by atoms with van der Waals surface area (Å²) in [5.41, 5.74) is 1.23. The lowest BCUT2D eigenvalue weighted by atomic mass is 9.87. The molecular formula is C16H23NO2S. The second-order valence-corrected chi connectivity index (χ2v) is 6.64. The number of aliphatic hydroxyl groups is 1. The maximum Gasteiger partial charge on any atom is 0.230 e. The van der Waals surface area contributed by atoms with Crippen LogP contribution in [0.4, 0.5) is 0 Å². The predicted molar refractivity (Wildman–Crippen MR) is 82.9 cm³/mol. The molecule has 0 spiro atoms. The molecule has 0 bridgehead atoms. The van der Waals surface area contributed by atoms with Gasteiger partial charge in [-0.05, 0) is 44.2 Å². The SMILES string of the molecule is Cc1ccc(SCC(=O)NCC2CCCC(O)C2)cc1. The van der Waals surface area contributed by atoms with E-state index >= 15 is 0 Å². The number of carbonyl (C=O) groups excluding carboxylic acids is 1. The summed E-state index contributed by atoms with van der Waals surface area (Å²) in [4.78, 5) is 12.9. The van der Waals surface area contributed by atoms with E-state index in [-0.39, 0.29) is 12.0 Å². The number of carbonyl (C=O) groups is 1. The summed E-state index contributed by atoms with van der Waals surface area (Å²) in [6.07, 6.45) is 3.74. The third-order valence-corrected chi connectivity index (χ3v) is 4.75. The topological polar surface area (TPSA) is 49.3 Å². The Kier molecular flexibility index (Phi) is 5.92. The first kappa shape index (κ1) is 15.4. The summed E-state index contributed by atoms with van der Waals surface area (Å²) in [6, 6.07) is 8.21. The van der Waals surface area contributed by atoms with E-state index in [1.54, 1.807) is 11.8 Å². The molecule has 1 aromatic carbocycles. The van der Waals surface area contributed by atoms with E-state index in [2.05, 4.69) is 24.4 Å². The highest BCUT2D eigenvalue weighted by molar-refractivity contribution is 8.00. The fraction of sp³-hybridized carbons (Fsp3) is 0.562. The molecule has 2 N–H and O–H groups in total. The quantitative estimate of drug-likeness (QED) is 0.821. The molecule has 0 aromatic heterocycles. The molecular weight excluding hydrogens is 270 g/mol. The van der Waals surface area contributed by atoms with E-state index in [4.69, 9.17) is 0 Å². The largest absolute Gasteiger partial charge is 0.393 e. The number of benzene rings is 1. The Hall–Kier alpha value is -1.00. The minimum atomic E-state index is -0.174. The predicted octanol–water partition coefficient (Wildman–Crippen LogP) is 2.75. The van der Waals surface area contributed by atoms with Gasteiger partial charge in [0.05, 0.1) is 11.9 Å². The van der Waals surface area contributed by atoms with Gasteiger partial charge in [0.25, 0.3) is 0 Å². The van der Waals surface area contributed by atoms with Gasteiger partial charge in [-0.25, -0.2) is 0 Å². The molecule has 1 aliphatic rings. The first-order chi connectivity index (χ1) is 9.63. The number of hydrogen-bond donors (Lipinski definition) is 2. The zero-order valence-corrected chi connectivity index (χ0v) is 12.8. The number of thioether (sulfide) groups is 1. The van der Waals surface area contributed by atoms with Crippen LogP contribution in [-0.2, 0) is 4.79 Å². The van der Waals surface area contributed by atoms with Gasteiger partial charge in [0.1, 0.15) is 0 Å². The highest BCUT2D eigenvalue weighted by Crippen LogP contribution is 2.23. The Morgan fingerprint density at radius 3 is 2.80 bits per heavy atom. The van der Waals surface area contributed by atoms with Crippen LogP contribution in [0.15, 0.2) is 29.2 Å². The Morgan fingerprint density at radius 1 is 1.35 bits per heavy atom. The number of aryl methyl sites for hydroxylation is 1. The number of aliphatic hydroxyl groups excluding tert-OH is 1. The van der Waals surface area contributed by atoms with Gasteiger partial charge in [-0.1, -0.05) is 24.1 Å². The Labute approximate surface area is 125 Å². The third-order valence-electron chi connectivity index (χ3n) is 3.73. The Bertz CT molecular complexity index is 433. The van der Waals surface area contributed by atoms with E-state index in [0.717, 1.165) is 30.6 Å². The first-order valence-corrected chi connectivity index (χ1v) is 8.26. The van der Waals surface area contributed by atoms with E-state index in [9.17, 15) is 9.90 Å². The highest BCUT2D eigenvalue weighted by Gasteiger charge is 2.20. The van der Waals surface area contributed by atoms with Crippen molar-refractivity contribution in [1.82, 2.24) is 5.32 Å². The van der Waals surface area contributed by atoms with Crippen molar-refractivity contribution in [3.8, 4) is 0 Å². The van der Waals surface area contributed by atoms with Gasteiger partial charge >= 0.3 is 0 Å². The van der Waals surface area contributed by atoms with Crippen molar-refractivity contribution in [3.63, 3.8) is 0 Å². The summed E-state index contributed by atoms with van der Waals surface area (Å²) in [6.45, 7) is 2.75. The minimum Gasteiger partial charge on any atom is -0.393 e. The molecule has 1 amide bonds. The van der Waals surface area contributed by atoms with Gasteiger partial charge in [0, 0.05) is 11.4 Å². The van der Waals surface area contributed by atoms with Crippen LogP contribution in [0.3, 0.4) is 0 Å². The number of hydrogen-bond acceptors (Lipinski definition) is 3. The van der Waals surface area contributed by atoms with Gasteiger partial charge in [0.15, 0.2) is 0 Å². The third kappa shape index (κ3) is 5.17. The van der Waals surface area contributed by atoms with Crippen molar-refractivity contribution in [3.05, 3.63) is 29.8 Å². The molecule has 110 valence electrons. The van der Waals surface area contributed by atoms with Crippen molar-refractivity contribution in [1.29, 1.82) is 0 Å². The fourth-order valence-electron chi connectivity index (χ4n) is 2.54. The molecule has 3 nitrogen and oxygen atoms in total. The number of nitrogens with one attached hydrogen (secondary N) is 1. The van der Waals surface area contributed by atoms with Gasteiger partial charge in [0.2, 0.25) is 5.91 Å². The van der Waals surface area contributed by atoms with E-state index in [0.29, 0.717) is 18.2 Å². The zero-order valence-electron chi connectivity index (χ0n) is 12.0. The average molecular weight is 293 g/mol. The summed E-state index contributed by atoms with van der Waals surface area (Å²) < 4.78 is 0. The van der Waals surface area contributed by atoms with Crippen molar-refractivity contribution < 1.29 is 9.90 Å².